The van der Waals surface area contributed by atoms with E-state index in [1.54, 1.807) is 31.3 Å². The van der Waals surface area contributed by atoms with Crippen molar-refractivity contribution in [2.75, 3.05) is 31.3 Å². The second-order valence-electron chi connectivity index (χ2n) is 15.4. The lowest BCUT2D eigenvalue weighted by atomic mass is 9.83. The predicted molar refractivity (Wildman–Crippen MR) is 231 cm³/mol. The summed E-state index contributed by atoms with van der Waals surface area (Å²) in [6.45, 7) is 7.54. The van der Waals surface area contributed by atoms with Gasteiger partial charge in [-0.25, -0.2) is 18.6 Å². The van der Waals surface area contributed by atoms with Gasteiger partial charge in [0.1, 0.15) is 39.3 Å². The number of benzene rings is 3. The van der Waals surface area contributed by atoms with E-state index in [-0.39, 0.29) is 38.6 Å². The minimum atomic E-state index is -5.54. The van der Waals surface area contributed by atoms with Crippen LogP contribution >= 0.6 is 46.5 Å². The number of ether oxygens (including phenoxy) is 1. The van der Waals surface area contributed by atoms with Gasteiger partial charge in [0.15, 0.2) is 5.54 Å². The molecule has 62 heavy (non-hydrogen) atoms. The van der Waals surface area contributed by atoms with E-state index in [9.17, 15) is 30.7 Å². The number of amides is 1. The summed E-state index contributed by atoms with van der Waals surface area (Å²) in [6.07, 6.45) is 5.25. The number of hydrogen-bond acceptors (Lipinski definition) is 14. The minimum Gasteiger partial charge on any atom is -0.456 e. The number of anilines is 1. The van der Waals surface area contributed by atoms with Gasteiger partial charge in [-0.05, 0) is 49.7 Å². The van der Waals surface area contributed by atoms with E-state index in [4.69, 9.17) is 20.8 Å². The zero-order chi connectivity index (χ0) is 45.0. The molecular weight excluding hydrogens is 929 g/mol. The Morgan fingerprint density at radius 2 is 1.68 bits per heavy atom. The standard InChI is InChI=1S/C40H33F2N3O11S6/c1-8-9-43-30(46)17-57-29-14-24(41)38(62(51,52)53)34(35(29)42)33-20-10-18-25(44(6)39(2,3)22-12-31(58-36(18)22)60-56-55-47)15-27(20)54-28-16-26-19(11-21(28)33)37-23(40(4,5)45(26)7)13-32(59-37)61(48,49)50/h1,10-16H,9,17H2,2-7H3,(H3-,43,46,47,48,49,50,51,52,53)/p+1. The molecule has 3 aromatic carbocycles. The minimum absolute atomic E-state index is 0.0369. The number of hydrogen-bond donors (Lipinski definition) is 4. The molecule has 3 aliphatic rings. The van der Waals surface area contributed by atoms with Gasteiger partial charge in [0, 0.05) is 75.5 Å². The lowest BCUT2D eigenvalue weighted by Crippen LogP contribution is -2.46. The second-order valence-corrected chi connectivity index (χ2v) is 22.5. The van der Waals surface area contributed by atoms with Crippen molar-refractivity contribution in [1.82, 2.24) is 9.89 Å². The van der Waals surface area contributed by atoms with Crippen LogP contribution in [0.5, 0.6) is 11.5 Å². The van der Waals surface area contributed by atoms with Gasteiger partial charge in [0.2, 0.25) is 11.3 Å². The van der Waals surface area contributed by atoms with Gasteiger partial charge in [-0.3, -0.25) is 13.9 Å². The lowest BCUT2D eigenvalue weighted by Gasteiger charge is -2.43. The molecule has 1 amide bonds. The molecule has 5 aromatic rings. The molecule has 3 aliphatic heterocycles. The number of rotatable bonds is 10. The quantitative estimate of drug-likeness (QED) is 0.0219. The van der Waals surface area contributed by atoms with E-state index in [2.05, 4.69) is 16.3 Å². The number of halogens is 2. The normalized spacial score (nSPS) is 15.7. The number of thiophene rings is 2. The molecule has 14 nitrogen and oxygen atoms in total. The number of nitrogens with one attached hydrogen (secondary N) is 1. The van der Waals surface area contributed by atoms with E-state index in [1.165, 1.54) is 17.4 Å². The molecule has 2 aromatic heterocycles. The van der Waals surface area contributed by atoms with Crippen LogP contribution in [0.25, 0.3) is 26.5 Å². The maximum absolute atomic E-state index is 17.5. The van der Waals surface area contributed by atoms with Crippen molar-refractivity contribution in [2.45, 2.75) is 57.0 Å². The molecule has 0 spiro atoms. The molecule has 4 N–H and O–H groups in total. The molecule has 0 radical (unpaired) electrons. The van der Waals surface area contributed by atoms with Crippen LogP contribution in [0.15, 0.2) is 60.7 Å². The summed E-state index contributed by atoms with van der Waals surface area (Å²) in [5, 5.41) is 15.7. The Bertz CT molecular complexity index is 3210. The summed E-state index contributed by atoms with van der Waals surface area (Å²) in [5.74, 6) is -1.42. The third-order valence-electron chi connectivity index (χ3n) is 11.4. The third-order valence-corrected chi connectivity index (χ3v) is 17.6. The summed E-state index contributed by atoms with van der Waals surface area (Å²) >= 11 is 3.39. The fourth-order valence-electron chi connectivity index (χ4n) is 7.89. The first-order chi connectivity index (χ1) is 29.0. The molecule has 0 bridgehead atoms. The predicted octanol–water partition coefficient (Wildman–Crippen LogP) is 6.59. The van der Waals surface area contributed by atoms with Crippen LogP contribution in [0, 0.1) is 24.0 Å². The first kappa shape index (κ1) is 44.2. The van der Waals surface area contributed by atoms with Gasteiger partial charge < -0.3 is 15.0 Å². The van der Waals surface area contributed by atoms with Crippen LogP contribution in [0.4, 0.5) is 14.5 Å². The number of carbonyl (C=O) groups excluding carboxylic acids is 1. The summed E-state index contributed by atoms with van der Waals surface area (Å²) in [7, 11) is -6.59. The molecule has 5 heterocycles. The lowest BCUT2D eigenvalue weighted by molar-refractivity contribution is -0.432. The number of terminal acetylenes is 1. The van der Waals surface area contributed by atoms with Crippen molar-refractivity contribution in [3.63, 3.8) is 0 Å². The SMILES string of the molecule is C#CCNC(=O)CSc1cc(F)c(S(=O)(=O)O)c(C2=c3cc4c(cc3Oc3cc5c(cc32)-c2sc(SOOO)cc2C(C)(C)N5C)=[N+](C)C(C)(C)c2cc(S(=O)(=O)O)sc2-4)c1F. The highest BCUT2D eigenvalue weighted by atomic mass is 32.3. The molecule has 0 atom stereocenters. The van der Waals surface area contributed by atoms with E-state index in [1.807, 2.05) is 50.3 Å². The van der Waals surface area contributed by atoms with Crippen LogP contribution in [0.3, 0.4) is 0 Å². The smallest absolute Gasteiger partial charge is 0.304 e. The molecular formula is C40H34F2N3O11S6+. The zero-order valence-corrected chi connectivity index (χ0v) is 38.1. The fourth-order valence-corrected chi connectivity index (χ4v) is 13.3. The Morgan fingerprint density at radius 1 is 0.968 bits per heavy atom. The first-order valence-electron chi connectivity index (χ1n) is 18.1. The van der Waals surface area contributed by atoms with Gasteiger partial charge in [0.05, 0.1) is 50.6 Å². The number of carbonyl (C=O) groups is 1. The third kappa shape index (κ3) is 7.12. The Hall–Kier alpha value is -4.38. The zero-order valence-electron chi connectivity index (χ0n) is 33.2. The monoisotopic (exact) mass is 962 g/mol. The van der Waals surface area contributed by atoms with Crippen molar-refractivity contribution in [3.05, 3.63) is 86.9 Å². The maximum Gasteiger partial charge on any atom is 0.304 e. The number of thioether (sulfide) groups is 1. The van der Waals surface area contributed by atoms with Crippen molar-refractivity contribution in [2.24, 2.45) is 0 Å². The van der Waals surface area contributed by atoms with Crippen molar-refractivity contribution < 1.29 is 58.9 Å². The second kappa shape index (κ2) is 15.4. The molecule has 8 rings (SSSR count). The summed E-state index contributed by atoms with van der Waals surface area (Å²) in [4.78, 5) is 13.8. The molecule has 0 aliphatic carbocycles. The summed E-state index contributed by atoms with van der Waals surface area (Å²) in [6, 6.07) is 10.3. The van der Waals surface area contributed by atoms with Gasteiger partial charge in [-0.2, -0.15) is 16.8 Å². The Morgan fingerprint density at radius 3 is 2.34 bits per heavy atom. The van der Waals surface area contributed by atoms with Gasteiger partial charge >= 0.3 is 10.1 Å². The van der Waals surface area contributed by atoms with Gasteiger partial charge in [-0.15, -0.1) is 45.2 Å². The topological polar surface area (TPSA) is 192 Å². The average Bonchev–Trinajstić information content (AvgIpc) is 3.86. The average molecular weight is 963 g/mol. The Balaban J connectivity index is 1.52. The molecule has 0 saturated heterocycles. The Labute approximate surface area is 370 Å². The van der Waals surface area contributed by atoms with Crippen LogP contribution < -0.4 is 30.1 Å². The van der Waals surface area contributed by atoms with Gasteiger partial charge in [-0.1, -0.05) is 11.0 Å². The van der Waals surface area contributed by atoms with E-state index in [0.29, 0.717) is 59.5 Å². The molecule has 22 heteroatoms. The highest BCUT2D eigenvalue weighted by Crippen LogP contribution is 2.55. The maximum atomic E-state index is 17.5. The molecule has 324 valence electrons. The highest BCUT2D eigenvalue weighted by molar-refractivity contribution is 8.00. The molecule has 0 unspecified atom stereocenters. The van der Waals surface area contributed by atoms with E-state index in [0.717, 1.165) is 28.9 Å². The number of fused-ring (bicyclic) bond motifs is 8. The molecule has 0 fully saturated rings. The highest BCUT2D eigenvalue weighted by Gasteiger charge is 2.43. The van der Waals surface area contributed by atoms with E-state index < -0.39 is 70.0 Å². The van der Waals surface area contributed by atoms with Crippen LogP contribution in [-0.2, 0) is 45.5 Å². The summed E-state index contributed by atoms with van der Waals surface area (Å²) < 4.78 is 120. The first-order valence-corrected chi connectivity index (χ1v) is 24.4. The van der Waals surface area contributed by atoms with Crippen molar-refractivity contribution in [1.29, 1.82) is 0 Å². The Kier molecular flexibility index (Phi) is 11.0. The van der Waals surface area contributed by atoms with Crippen molar-refractivity contribution in [3.8, 4) is 44.7 Å². The largest absolute Gasteiger partial charge is 0.456 e. The number of nitrogens with zero attached hydrogens (tertiary/aromatic N) is 2. The van der Waals surface area contributed by atoms with Crippen LogP contribution in [0.2, 0.25) is 0 Å². The van der Waals surface area contributed by atoms with Crippen LogP contribution in [0.1, 0.15) is 49.9 Å². The molecule has 0 saturated carbocycles. The fraction of sp³-hybridized carbons (Fsp3) is 0.250. The van der Waals surface area contributed by atoms with Crippen molar-refractivity contribution >= 4 is 83.9 Å². The van der Waals surface area contributed by atoms with Gasteiger partial charge in [0.25, 0.3) is 10.1 Å². The van der Waals surface area contributed by atoms with E-state index >= 15 is 8.78 Å². The van der Waals surface area contributed by atoms with Crippen LogP contribution in [-0.4, -0.2) is 63.5 Å². The summed E-state index contributed by atoms with van der Waals surface area (Å²) in [5.41, 5.74) is 0.445.